The average molecular weight is 384 g/mol. The van der Waals surface area contributed by atoms with Crippen molar-refractivity contribution in [3.8, 4) is 0 Å². The first-order valence-electron chi connectivity index (χ1n) is 9.42. The molecule has 3 aromatic rings. The van der Waals surface area contributed by atoms with Crippen molar-refractivity contribution < 1.29 is 18.1 Å². The molecule has 1 aromatic carbocycles. The highest BCUT2D eigenvalue weighted by molar-refractivity contribution is 6.62. The van der Waals surface area contributed by atoms with E-state index >= 15 is 0 Å². The van der Waals surface area contributed by atoms with Gasteiger partial charge in [0.15, 0.2) is 11.6 Å². The van der Waals surface area contributed by atoms with Gasteiger partial charge in [-0.25, -0.2) is 13.8 Å². The van der Waals surface area contributed by atoms with Crippen LogP contribution in [0.3, 0.4) is 0 Å². The Morgan fingerprint density at radius 1 is 1.04 bits per heavy atom. The van der Waals surface area contributed by atoms with E-state index in [1.807, 2.05) is 40.0 Å². The van der Waals surface area contributed by atoms with E-state index < -0.39 is 30.0 Å². The van der Waals surface area contributed by atoms with E-state index in [4.69, 9.17) is 9.31 Å². The van der Waals surface area contributed by atoms with Gasteiger partial charge < -0.3 is 14.3 Å². The summed E-state index contributed by atoms with van der Waals surface area (Å²) in [5.41, 5.74) is 2.08. The number of halogens is 2. The van der Waals surface area contributed by atoms with Crippen molar-refractivity contribution in [3.63, 3.8) is 0 Å². The van der Waals surface area contributed by atoms with Crippen LogP contribution < -0.4 is 5.46 Å². The Kier molecular flexibility index (Phi) is 4.55. The maximum Gasteiger partial charge on any atom is 0.496 e. The monoisotopic (exact) mass is 384 g/mol. The van der Waals surface area contributed by atoms with Gasteiger partial charge in [-0.05, 0) is 63.8 Å². The lowest BCUT2D eigenvalue weighted by Crippen LogP contribution is -2.41. The third-order valence-electron chi connectivity index (χ3n) is 5.86. The molecule has 7 heteroatoms. The van der Waals surface area contributed by atoms with E-state index in [-0.39, 0.29) is 0 Å². The zero-order valence-electron chi connectivity index (χ0n) is 16.5. The molecule has 0 unspecified atom stereocenters. The van der Waals surface area contributed by atoms with E-state index in [0.29, 0.717) is 18.4 Å². The number of H-pyrrole nitrogens is 1. The first-order valence-corrected chi connectivity index (χ1v) is 9.42. The van der Waals surface area contributed by atoms with Crippen molar-refractivity contribution in [2.75, 3.05) is 0 Å². The number of pyridine rings is 1. The third-order valence-corrected chi connectivity index (χ3v) is 5.86. The first kappa shape index (κ1) is 19.1. The van der Waals surface area contributed by atoms with Crippen molar-refractivity contribution in [2.24, 2.45) is 0 Å². The average Bonchev–Trinajstić information content (AvgIpc) is 3.13. The van der Waals surface area contributed by atoms with E-state index in [0.717, 1.165) is 28.1 Å². The number of fused-ring (bicyclic) bond motifs is 1. The fourth-order valence-corrected chi connectivity index (χ4v) is 3.40. The van der Waals surface area contributed by atoms with Crippen molar-refractivity contribution in [2.45, 2.75) is 51.7 Å². The molecule has 4 rings (SSSR count). The molecule has 1 fully saturated rings. The molecule has 3 heterocycles. The van der Waals surface area contributed by atoms with Gasteiger partial charge in [-0.2, -0.15) is 0 Å². The molecule has 1 aliphatic rings. The molecule has 0 saturated carbocycles. The number of nitrogens with one attached hydrogen (secondary N) is 1. The number of hydrogen-bond donors (Lipinski definition) is 1. The van der Waals surface area contributed by atoms with Gasteiger partial charge in [-0.1, -0.05) is 12.1 Å². The van der Waals surface area contributed by atoms with Crippen molar-refractivity contribution in [1.82, 2.24) is 9.97 Å². The minimum Gasteiger partial charge on any atom is -0.399 e. The highest BCUT2D eigenvalue weighted by Gasteiger charge is 2.51. The Morgan fingerprint density at radius 3 is 2.43 bits per heavy atom. The predicted molar refractivity (Wildman–Crippen MR) is 106 cm³/mol. The molecule has 2 aromatic heterocycles. The van der Waals surface area contributed by atoms with Crippen LogP contribution >= 0.6 is 0 Å². The molecule has 1 saturated heterocycles. The van der Waals surface area contributed by atoms with Crippen LogP contribution in [-0.2, 0) is 22.2 Å². The lowest BCUT2D eigenvalue weighted by atomic mass is 9.80. The first-order chi connectivity index (χ1) is 13.2. The van der Waals surface area contributed by atoms with Crippen molar-refractivity contribution >= 4 is 23.6 Å². The smallest absolute Gasteiger partial charge is 0.399 e. The van der Waals surface area contributed by atoms with Crippen LogP contribution in [0.25, 0.3) is 11.0 Å². The van der Waals surface area contributed by atoms with Crippen molar-refractivity contribution in [3.05, 3.63) is 59.4 Å². The quantitative estimate of drug-likeness (QED) is 0.694. The minimum absolute atomic E-state index is 0.365. The summed E-state index contributed by atoms with van der Waals surface area (Å²) in [7, 11) is -0.495. The SMILES string of the molecule is CC1(C)OB(c2cnc3[nH]cc(CCc4cccc(F)c4F)c3c2)OC1(C)C. The fourth-order valence-electron chi connectivity index (χ4n) is 3.40. The van der Waals surface area contributed by atoms with Crippen LogP contribution in [0.5, 0.6) is 0 Å². The molecule has 28 heavy (non-hydrogen) atoms. The van der Waals surface area contributed by atoms with Gasteiger partial charge in [0.1, 0.15) is 5.65 Å². The van der Waals surface area contributed by atoms with Gasteiger partial charge in [0.05, 0.1) is 11.2 Å². The molecule has 0 atom stereocenters. The van der Waals surface area contributed by atoms with Gasteiger partial charge in [0.25, 0.3) is 0 Å². The van der Waals surface area contributed by atoms with Crippen LogP contribution in [0.2, 0.25) is 0 Å². The number of benzene rings is 1. The summed E-state index contributed by atoms with van der Waals surface area (Å²) in [5.74, 6) is -1.60. The van der Waals surface area contributed by atoms with Crippen LogP contribution in [-0.4, -0.2) is 28.3 Å². The van der Waals surface area contributed by atoms with E-state index in [9.17, 15) is 8.78 Å². The van der Waals surface area contributed by atoms with E-state index in [2.05, 4.69) is 9.97 Å². The number of nitrogens with zero attached hydrogens (tertiary/aromatic N) is 1. The topological polar surface area (TPSA) is 47.1 Å². The lowest BCUT2D eigenvalue weighted by molar-refractivity contribution is 0.00578. The van der Waals surface area contributed by atoms with Gasteiger partial charge in [-0.15, -0.1) is 0 Å². The number of aromatic nitrogens is 2. The molecule has 0 aliphatic carbocycles. The summed E-state index contributed by atoms with van der Waals surface area (Å²) >= 11 is 0. The van der Waals surface area contributed by atoms with E-state index in [1.54, 1.807) is 12.3 Å². The normalized spacial score (nSPS) is 18.1. The zero-order chi connectivity index (χ0) is 20.1. The Balaban J connectivity index is 1.60. The Labute approximate surface area is 163 Å². The standard InChI is InChI=1S/C21H23BF2N2O2/c1-20(2)21(3,4)28-22(27-20)15-10-16-14(11-25-19(16)26-12-15)9-8-13-6-5-7-17(23)18(13)24/h5-7,10-12H,8-9H2,1-4H3,(H,25,26). The Morgan fingerprint density at radius 2 is 1.71 bits per heavy atom. The molecular weight excluding hydrogens is 361 g/mol. The maximum absolute atomic E-state index is 13.9. The van der Waals surface area contributed by atoms with Crippen molar-refractivity contribution in [1.29, 1.82) is 0 Å². The second-order valence-electron chi connectivity index (χ2n) is 8.28. The summed E-state index contributed by atoms with van der Waals surface area (Å²) in [4.78, 5) is 7.62. The highest BCUT2D eigenvalue weighted by atomic mass is 19.2. The highest BCUT2D eigenvalue weighted by Crippen LogP contribution is 2.36. The molecule has 0 amide bonds. The molecular formula is C21H23BF2N2O2. The molecule has 1 N–H and O–H groups in total. The lowest BCUT2D eigenvalue weighted by Gasteiger charge is -2.32. The number of rotatable bonds is 4. The van der Waals surface area contributed by atoms with Crippen LogP contribution in [0.4, 0.5) is 8.78 Å². The zero-order valence-corrected chi connectivity index (χ0v) is 16.5. The molecule has 0 spiro atoms. The predicted octanol–water partition coefficient (Wildman–Crippen LogP) is 3.93. The van der Waals surface area contributed by atoms with Gasteiger partial charge in [0, 0.05) is 23.2 Å². The second-order valence-corrected chi connectivity index (χ2v) is 8.28. The largest absolute Gasteiger partial charge is 0.496 e. The molecule has 146 valence electrons. The van der Waals surface area contributed by atoms with E-state index in [1.165, 1.54) is 6.07 Å². The second kappa shape index (κ2) is 6.67. The van der Waals surface area contributed by atoms with Gasteiger partial charge >= 0.3 is 7.12 Å². The maximum atomic E-state index is 13.9. The van der Waals surface area contributed by atoms with Crippen LogP contribution in [0.15, 0.2) is 36.7 Å². The molecule has 0 bridgehead atoms. The summed E-state index contributed by atoms with van der Waals surface area (Å²) in [6.07, 6.45) is 4.58. The molecule has 4 nitrogen and oxygen atoms in total. The summed E-state index contributed by atoms with van der Waals surface area (Å²) in [5, 5.41) is 0.934. The molecule has 1 aliphatic heterocycles. The summed E-state index contributed by atoms with van der Waals surface area (Å²) in [6, 6.07) is 6.27. The minimum atomic E-state index is -0.818. The Hall–Kier alpha value is -2.25. The number of hydrogen-bond acceptors (Lipinski definition) is 3. The Bertz CT molecular complexity index is 1020. The third kappa shape index (κ3) is 3.23. The van der Waals surface area contributed by atoms with Crippen LogP contribution in [0.1, 0.15) is 38.8 Å². The molecule has 0 radical (unpaired) electrons. The van der Waals surface area contributed by atoms with Gasteiger partial charge in [0.2, 0.25) is 0 Å². The van der Waals surface area contributed by atoms with Crippen LogP contribution in [0, 0.1) is 11.6 Å². The number of aromatic amines is 1. The fraction of sp³-hybridized carbons (Fsp3) is 0.381. The van der Waals surface area contributed by atoms with Gasteiger partial charge in [-0.3, -0.25) is 0 Å². The summed E-state index contributed by atoms with van der Waals surface area (Å²) in [6.45, 7) is 8.03. The summed E-state index contributed by atoms with van der Waals surface area (Å²) < 4.78 is 39.6. The number of aryl methyl sites for hydroxylation is 2.